The van der Waals surface area contributed by atoms with Crippen LogP contribution in [0.15, 0.2) is 58.0 Å². The summed E-state index contributed by atoms with van der Waals surface area (Å²) >= 11 is 1.39. The van der Waals surface area contributed by atoms with Gasteiger partial charge in [0.25, 0.3) is 5.91 Å². The number of hydrogen-bond acceptors (Lipinski definition) is 6. The SMILES string of the molecule is Cc1cc(C)c2nc(NC(=O)c3cc(S(=O)(=O)NCc4ccco4)ccc3C)sc2c1. The first-order chi connectivity index (χ1) is 14.7. The normalized spacial score (nSPS) is 11.7. The number of fused-ring (bicyclic) bond motifs is 1. The van der Waals surface area contributed by atoms with Gasteiger partial charge in [-0.1, -0.05) is 23.5 Å². The molecule has 160 valence electrons. The topological polar surface area (TPSA) is 101 Å². The number of rotatable bonds is 6. The zero-order chi connectivity index (χ0) is 22.2. The number of nitrogens with one attached hydrogen (secondary N) is 2. The highest BCUT2D eigenvalue weighted by Gasteiger charge is 2.19. The van der Waals surface area contributed by atoms with Crippen LogP contribution in [-0.4, -0.2) is 19.3 Å². The standard InChI is InChI=1S/C22H21N3O4S2/c1-13-9-15(3)20-19(10-13)30-22(24-20)25-21(26)18-11-17(7-6-14(18)2)31(27,28)23-12-16-5-4-8-29-16/h4-11,23H,12H2,1-3H3,(H,24,25,26). The van der Waals surface area contributed by atoms with Crippen LogP contribution in [0.3, 0.4) is 0 Å². The number of benzene rings is 2. The molecule has 0 aliphatic carbocycles. The van der Waals surface area contributed by atoms with Crippen LogP contribution in [0.4, 0.5) is 5.13 Å². The Bertz CT molecular complexity index is 1370. The van der Waals surface area contributed by atoms with Crippen LogP contribution in [0.1, 0.15) is 32.8 Å². The molecule has 7 nitrogen and oxygen atoms in total. The predicted molar refractivity (Wildman–Crippen MR) is 121 cm³/mol. The van der Waals surface area contributed by atoms with E-state index in [0.717, 1.165) is 21.3 Å². The fourth-order valence-corrected chi connectivity index (χ4v) is 5.32. The van der Waals surface area contributed by atoms with Crippen LogP contribution in [0.5, 0.6) is 0 Å². The molecule has 0 aliphatic heterocycles. The van der Waals surface area contributed by atoms with Gasteiger partial charge in [0.15, 0.2) is 5.13 Å². The molecule has 0 fully saturated rings. The Kier molecular flexibility index (Phi) is 5.65. The molecule has 31 heavy (non-hydrogen) atoms. The lowest BCUT2D eigenvalue weighted by Crippen LogP contribution is -2.24. The Morgan fingerprint density at radius 2 is 1.90 bits per heavy atom. The number of aromatic nitrogens is 1. The average Bonchev–Trinajstić information content (AvgIpc) is 3.36. The second-order valence-electron chi connectivity index (χ2n) is 7.28. The molecule has 0 saturated carbocycles. The number of aryl methyl sites for hydroxylation is 3. The fraction of sp³-hybridized carbons (Fsp3) is 0.182. The summed E-state index contributed by atoms with van der Waals surface area (Å²) in [6.45, 7) is 5.77. The summed E-state index contributed by atoms with van der Waals surface area (Å²) in [5.74, 6) is 0.0871. The molecule has 2 heterocycles. The van der Waals surface area contributed by atoms with Gasteiger partial charge in [-0.05, 0) is 67.8 Å². The van der Waals surface area contributed by atoms with E-state index in [0.29, 0.717) is 16.5 Å². The quantitative estimate of drug-likeness (QED) is 0.444. The molecule has 9 heteroatoms. The van der Waals surface area contributed by atoms with Gasteiger partial charge < -0.3 is 4.42 Å². The summed E-state index contributed by atoms with van der Waals surface area (Å²) in [5, 5.41) is 3.28. The van der Waals surface area contributed by atoms with E-state index in [1.165, 1.54) is 29.7 Å². The molecule has 0 atom stereocenters. The molecule has 0 radical (unpaired) electrons. The summed E-state index contributed by atoms with van der Waals surface area (Å²) in [5.41, 5.74) is 3.95. The largest absolute Gasteiger partial charge is 0.468 e. The fourth-order valence-electron chi connectivity index (χ4n) is 3.26. The molecule has 4 rings (SSSR count). The van der Waals surface area contributed by atoms with E-state index in [4.69, 9.17) is 4.42 Å². The summed E-state index contributed by atoms with van der Waals surface area (Å²) in [6.07, 6.45) is 1.47. The van der Waals surface area contributed by atoms with E-state index in [1.54, 1.807) is 25.1 Å². The molecule has 4 aromatic rings. The molecule has 2 N–H and O–H groups in total. The highest BCUT2D eigenvalue weighted by Crippen LogP contribution is 2.30. The Morgan fingerprint density at radius 3 is 2.65 bits per heavy atom. The van der Waals surface area contributed by atoms with Crippen LogP contribution in [0, 0.1) is 20.8 Å². The predicted octanol–water partition coefficient (Wildman–Crippen LogP) is 4.55. The third kappa shape index (κ3) is 4.53. The highest BCUT2D eigenvalue weighted by atomic mass is 32.2. The van der Waals surface area contributed by atoms with Gasteiger partial charge in [0, 0.05) is 5.56 Å². The second-order valence-corrected chi connectivity index (χ2v) is 10.1. The van der Waals surface area contributed by atoms with Gasteiger partial charge in [0.05, 0.1) is 27.9 Å². The molecule has 0 bridgehead atoms. The number of nitrogens with zero attached hydrogens (tertiary/aromatic N) is 1. The highest BCUT2D eigenvalue weighted by molar-refractivity contribution is 7.89. The number of hydrogen-bond donors (Lipinski definition) is 2. The zero-order valence-electron chi connectivity index (χ0n) is 17.2. The number of furan rings is 1. The summed E-state index contributed by atoms with van der Waals surface area (Å²) < 4.78 is 34.0. The van der Waals surface area contributed by atoms with Crippen LogP contribution in [0.2, 0.25) is 0 Å². The van der Waals surface area contributed by atoms with E-state index in [9.17, 15) is 13.2 Å². The average molecular weight is 456 g/mol. The van der Waals surface area contributed by atoms with Crippen LogP contribution < -0.4 is 10.0 Å². The lowest BCUT2D eigenvalue weighted by molar-refractivity contribution is 0.102. The van der Waals surface area contributed by atoms with Gasteiger partial charge in [-0.2, -0.15) is 0 Å². The molecule has 0 aliphatic rings. The van der Waals surface area contributed by atoms with E-state index >= 15 is 0 Å². The van der Waals surface area contributed by atoms with Crippen molar-refractivity contribution in [1.29, 1.82) is 0 Å². The lowest BCUT2D eigenvalue weighted by atomic mass is 10.1. The molecule has 0 saturated heterocycles. The molecule has 2 aromatic heterocycles. The van der Waals surface area contributed by atoms with Gasteiger partial charge in [-0.3, -0.25) is 10.1 Å². The van der Waals surface area contributed by atoms with Gasteiger partial charge in [-0.25, -0.2) is 18.1 Å². The van der Waals surface area contributed by atoms with E-state index in [1.807, 2.05) is 26.0 Å². The molecule has 1 amide bonds. The van der Waals surface area contributed by atoms with Crippen molar-refractivity contribution in [3.05, 3.63) is 76.7 Å². The third-order valence-corrected chi connectivity index (χ3v) is 7.15. The van der Waals surface area contributed by atoms with Crippen LogP contribution in [0.25, 0.3) is 10.2 Å². The van der Waals surface area contributed by atoms with E-state index in [-0.39, 0.29) is 17.0 Å². The first-order valence-corrected chi connectivity index (χ1v) is 11.8. The molecule has 0 unspecified atom stereocenters. The molecule has 0 spiro atoms. The Balaban J connectivity index is 1.58. The maximum Gasteiger partial charge on any atom is 0.257 e. The summed E-state index contributed by atoms with van der Waals surface area (Å²) in [7, 11) is -3.82. The van der Waals surface area contributed by atoms with Crippen molar-refractivity contribution < 1.29 is 17.6 Å². The Hall–Kier alpha value is -3.01. The minimum absolute atomic E-state index is 0.00516. The van der Waals surface area contributed by atoms with Gasteiger partial charge >= 0.3 is 0 Å². The number of anilines is 1. The van der Waals surface area contributed by atoms with Crippen molar-refractivity contribution in [2.45, 2.75) is 32.2 Å². The first-order valence-electron chi connectivity index (χ1n) is 9.55. The van der Waals surface area contributed by atoms with Gasteiger partial charge in [0.1, 0.15) is 5.76 Å². The second kappa shape index (κ2) is 8.26. The number of thiazole rings is 1. The minimum Gasteiger partial charge on any atom is -0.468 e. The minimum atomic E-state index is -3.82. The van der Waals surface area contributed by atoms with E-state index in [2.05, 4.69) is 15.0 Å². The van der Waals surface area contributed by atoms with Gasteiger partial charge in [0.2, 0.25) is 10.0 Å². The van der Waals surface area contributed by atoms with Crippen molar-refractivity contribution >= 4 is 42.6 Å². The number of sulfonamides is 1. The smallest absolute Gasteiger partial charge is 0.257 e. The van der Waals surface area contributed by atoms with Crippen molar-refractivity contribution in [2.75, 3.05) is 5.32 Å². The molecular weight excluding hydrogens is 434 g/mol. The maximum atomic E-state index is 12.9. The van der Waals surface area contributed by atoms with Gasteiger partial charge in [-0.15, -0.1) is 0 Å². The monoisotopic (exact) mass is 455 g/mol. The van der Waals surface area contributed by atoms with Crippen molar-refractivity contribution in [3.63, 3.8) is 0 Å². The van der Waals surface area contributed by atoms with Crippen LogP contribution in [-0.2, 0) is 16.6 Å². The maximum absolute atomic E-state index is 12.9. The van der Waals surface area contributed by atoms with Crippen molar-refractivity contribution in [3.8, 4) is 0 Å². The number of carbonyl (C=O) groups excluding carboxylic acids is 1. The lowest BCUT2D eigenvalue weighted by Gasteiger charge is -2.10. The van der Waals surface area contributed by atoms with Crippen molar-refractivity contribution in [2.24, 2.45) is 0 Å². The summed E-state index contributed by atoms with van der Waals surface area (Å²) in [4.78, 5) is 17.4. The Labute approximate surface area is 184 Å². The first kappa shape index (κ1) is 21.2. The third-order valence-electron chi connectivity index (χ3n) is 4.83. The van der Waals surface area contributed by atoms with Crippen LogP contribution >= 0.6 is 11.3 Å². The van der Waals surface area contributed by atoms with E-state index < -0.39 is 15.9 Å². The molecule has 2 aromatic carbocycles. The van der Waals surface area contributed by atoms with Crippen molar-refractivity contribution in [1.82, 2.24) is 9.71 Å². The number of carbonyl (C=O) groups is 1. The number of amides is 1. The zero-order valence-corrected chi connectivity index (χ0v) is 18.9. The Morgan fingerprint density at radius 1 is 1.10 bits per heavy atom. The summed E-state index contributed by atoms with van der Waals surface area (Å²) in [6, 6.07) is 11.9. The molecular formula is C22H21N3O4S2.